The number of nitrogens with zero attached hydrogens (tertiary/aromatic N) is 1. The Morgan fingerprint density at radius 3 is 2.68 bits per heavy atom. The fourth-order valence-electron chi connectivity index (χ4n) is 2.76. The summed E-state index contributed by atoms with van der Waals surface area (Å²) in [6.45, 7) is -0.0398. The summed E-state index contributed by atoms with van der Waals surface area (Å²) in [5.41, 5.74) is -1.73. The van der Waals surface area contributed by atoms with Crippen molar-refractivity contribution in [2.24, 2.45) is 0 Å². The fourth-order valence-corrected chi connectivity index (χ4v) is 2.76. The van der Waals surface area contributed by atoms with E-state index in [1.165, 1.54) is 19.3 Å². The third kappa shape index (κ3) is 3.83. The molecule has 1 aliphatic carbocycles. The molecule has 0 radical (unpaired) electrons. The summed E-state index contributed by atoms with van der Waals surface area (Å²) in [5.74, 6) is -0.736. The summed E-state index contributed by atoms with van der Waals surface area (Å²) in [5, 5.41) is 33.5. The van der Waals surface area contributed by atoms with E-state index in [0.717, 1.165) is 6.08 Å². The molecule has 1 aromatic carbocycles. The largest absolute Gasteiger partial charge is 0.395 e. The summed E-state index contributed by atoms with van der Waals surface area (Å²) in [6.07, 6.45) is 2.26. The molecule has 0 bridgehead atoms. The van der Waals surface area contributed by atoms with Crippen molar-refractivity contribution in [1.82, 2.24) is 5.32 Å². The van der Waals surface area contributed by atoms with Crippen molar-refractivity contribution in [3.8, 4) is 0 Å². The second-order valence-electron chi connectivity index (χ2n) is 5.52. The van der Waals surface area contributed by atoms with E-state index in [2.05, 4.69) is 5.32 Å². The van der Waals surface area contributed by atoms with Crippen molar-refractivity contribution in [2.45, 2.75) is 17.7 Å². The quantitative estimate of drug-likeness (QED) is 0.458. The molecule has 3 N–H and O–H groups in total. The molecule has 0 saturated heterocycles. The average molecular weight is 348 g/mol. The molecular weight excluding hydrogens is 328 g/mol. The lowest BCUT2D eigenvalue weighted by atomic mass is 9.81. The number of ether oxygens (including phenoxy) is 1. The predicted molar refractivity (Wildman–Crippen MR) is 89.2 cm³/mol. The van der Waals surface area contributed by atoms with E-state index in [4.69, 9.17) is 9.84 Å². The van der Waals surface area contributed by atoms with Gasteiger partial charge in [0.1, 0.15) is 6.10 Å². The maximum absolute atomic E-state index is 13.0. The highest BCUT2D eigenvalue weighted by Crippen LogP contribution is 2.32. The number of allylic oxidation sites excluding steroid dienone is 1. The molecule has 0 aromatic heterocycles. The number of carbonyl (C=O) groups excluding carboxylic acids is 1. The molecule has 0 spiro atoms. The van der Waals surface area contributed by atoms with Crippen LogP contribution >= 0.6 is 0 Å². The Balaban J connectivity index is 2.44. The van der Waals surface area contributed by atoms with Crippen LogP contribution in [0.3, 0.4) is 0 Å². The number of methoxy groups -OCH3 is 1. The molecule has 134 valence electrons. The van der Waals surface area contributed by atoms with Crippen LogP contribution in [0.15, 0.2) is 54.3 Å². The summed E-state index contributed by atoms with van der Waals surface area (Å²) in [6, 6.07) is 7.47. The van der Waals surface area contributed by atoms with Crippen molar-refractivity contribution in [3.63, 3.8) is 0 Å². The molecular formula is C17H20N2O6. The number of rotatable bonds is 8. The fraction of sp³-hybridized carbons (Fsp3) is 0.353. The molecule has 3 unspecified atom stereocenters. The highest BCUT2D eigenvalue weighted by Gasteiger charge is 2.49. The second kappa shape index (κ2) is 8.13. The van der Waals surface area contributed by atoms with Gasteiger partial charge in [-0.15, -0.1) is 0 Å². The number of aliphatic hydroxyl groups excluding tert-OH is 2. The minimum atomic E-state index is -1.78. The molecule has 0 aliphatic heterocycles. The summed E-state index contributed by atoms with van der Waals surface area (Å²) < 4.78 is 5.39. The number of hydrogen-bond acceptors (Lipinski definition) is 7. The van der Waals surface area contributed by atoms with Gasteiger partial charge in [0, 0.05) is 25.8 Å². The minimum absolute atomic E-state index is 0.149. The first-order valence-corrected chi connectivity index (χ1v) is 7.68. The van der Waals surface area contributed by atoms with Crippen LogP contribution in [0.4, 0.5) is 0 Å². The lowest BCUT2D eigenvalue weighted by Gasteiger charge is -2.37. The van der Waals surface area contributed by atoms with E-state index in [1.54, 1.807) is 30.3 Å². The van der Waals surface area contributed by atoms with Gasteiger partial charge in [-0.2, -0.15) is 0 Å². The number of aliphatic hydroxyl groups is 2. The van der Waals surface area contributed by atoms with Crippen LogP contribution < -0.4 is 5.32 Å². The summed E-state index contributed by atoms with van der Waals surface area (Å²) in [7, 11) is 1.25. The second-order valence-corrected chi connectivity index (χ2v) is 5.52. The van der Waals surface area contributed by atoms with Crippen molar-refractivity contribution >= 4 is 5.78 Å². The van der Waals surface area contributed by atoms with E-state index in [9.17, 15) is 20.0 Å². The monoisotopic (exact) mass is 348 g/mol. The van der Waals surface area contributed by atoms with Gasteiger partial charge < -0.3 is 20.3 Å². The smallest absolute Gasteiger partial charge is 0.268 e. The molecule has 0 heterocycles. The zero-order chi connectivity index (χ0) is 18.4. The molecule has 8 nitrogen and oxygen atoms in total. The van der Waals surface area contributed by atoms with Crippen LogP contribution in [0.25, 0.3) is 0 Å². The average Bonchev–Trinajstić information content (AvgIpc) is 2.65. The van der Waals surface area contributed by atoms with Gasteiger partial charge in [0.25, 0.3) is 5.70 Å². The highest BCUT2D eigenvalue weighted by atomic mass is 16.6. The van der Waals surface area contributed by atoms with Gasteiger partial charge in [-0.05, 0) is 5.56 Å². The maximum Gasteiger partial charge on any atom is 0.268 e. The Labute approximate surface area is 144 Å². The molecule has 8 heteroatoms. The van der Waals surface area contributed by atoms with Crippen LogP contribution in [-0.2, 0) is 9.53 Å². The predicted octanol–water partition coefficient (Wildman–Crippen LogP) is 0.355. The number of nitro groups is 1. The minimum Gasteiger partial charge on any atom is -0.395 e. The first-order valence-electron chi connectivity index (χ1n) is 7.68. The van der Waals surface area contributed by atoms with Gasteiger partial charge in [-0.3, -0.25) is 14.9 Å². The molecule has 2 rings (SSSR count). The van der Waals surface area contributed by atoms with Gasteiger partial charge in [0.2, 0.25) is 5.78 Å². The normalized spacial score (nSPS) is 23.8. The zero-order valence-electron chi connectivity index (χ0n) is 13.7. The Hall–Kier alpha value is -2.39. The number of ketones is 1. The Bertz CT molecular complexity index is 688. The third-order valence-electron chi connectivity index (χ3n) is 4.06. The number of carbonyl (C=O) groups is 1. The molecule has 1 aliphatic rings. The molecule has 3 atom stereocenters. The van der Waals surface area contributed by atoms with Gasteiger partial charge in [0.15, 0.2) is 5.60 Å². The number of hydrogen-bond donors (Lipinski definition) is 3. The summed E-state index contributed by atoms with van der Waals surface area (Å²) in [4.78, 5) is 23.5. The van der Waals surface area contributed by atoms with Gasteiger partial charge in [-0.1, -0.05) is 36.4 Å². The first-order chi connectivity index (χ1) is 12.0. The van der Waals surface area contributed by atoms with Crippen LogP contribution in [0.1, 0.15) is 11.7 Å². The molecule has 0 fully saturated rings. The van der Waals surface area contributed by atoms with E-state index in [-0.39, 0.29) is 18.8 Å². The van der Waals surface area contributed by atoms with E-state index < -0.39 is 28.5 Å². The molecule has 0 amide bonds. The maximum atomic E-state index is 13.0. The molecule has 1 aromatic rings. The highest BCUT2D eigenvalue weighted by molar-refractivity contribution is 5.95. The van der Waals surface area contributed by atoms with Crippen molar-refractivity contribution in [3.05, 3.63) is 69.9 Å². The Morgan fingerprint density at radius 1 is 1.44 bits per heavy atom. The standard InChI is InChI=1S/C17H20N2O6/c1-25-17(16(22)15(21)12-5-3-2-4-6-12)11-13(19(23)24)7-8-14(17)18-9-10-20/h2-8,11,14-15,18,20-21H,9-10H2,1H3. The van der Waals surface area contributed by atoms with Gasteiger partial charge in [0.05, 0.1) is 17.6 Å². The van der Waals surface area contributed by atoms with Crippen LogP contribution in [-0.4, -0.2) is 52.8 Å². The van der Waals surface area contributed by atoms with Crippen molar-refractivity contribution < 1.29 is 24.7 Å². The van der Waals surface area contributed by atoms with Crippen LogP contribution in [0.2, 0.25) is 0 Å². The number of benzene rings is 1. The lowest BCUT2D eigenvalue weighted by Crippen LogP contribution is -2.58. The molecule has 25 heavy (non-hydrogen) atoms. The van der Waals surface area contributed by atoms with E-state index >= 15 is 0 Å². The van der Waals surface area contributed by atoms with E-state index in [0.29, 0.717) is 5.56 Å². The van der Waals surface area contributed by atoms with Crippen molar-refractivity contribution in [1.29, 1.82) is 0 Å². The third-order valence-corrected chi connectivity index (χ3v) is 4.06. The SMILES string of the molecule is COC1(C(=O)C(O)c2ccccc2)C=C([N+](=O)[O-])C=CC1NCCO. The van der Waals surface area contributed by atoms with Crippen LogP contribution in [0, 0.1) is 10.1 Å². The van der Waals surface area contributed by atoms with Crippen molar-refractivity contribution in [2.75, 3.05) is 20.3 Å². The Kier molecular flexibility index (Phi) is 6.16. The van der Waals surface area contributed by atoms with Gasteiger partial charge >= 0.3 is 0 Å². The molecule has 0 saturated carbocycles. The van der Waals surface area contributed by atoms with E-state index in [1.807, 2.05) is 0 Å². The zero-order valence-corrected chi connectivity index (χ0v) is 13.7. The number of nitrogens with one attached hydrogen (secondary N) is 1. The first kappa shape index (κ1) is 18.9. The Morgan fingerprint density at radius 2 is 2.12 bits per heavy atom. The summed E-state index contributed by atoms with van der Waals surface area (Å²) >= 11 is 0. The number of Topliss-reactive ketones (excluding diaryl/α,β-unsaturated/α-hetero) is 1. The van der Waals surface area contributed by atoms with Gasteiger partial charge in [-0.25, -0.2) is 0 Å². The lowest BCUT2D eigenvalue weighted by molar-refractivity contribution is -0.420. The van der Waals surface area contributed by atoms with Crippen LogP contribution in [0.5, 0.6) is 0 Å². The topological polar surface area (TPSA) is 122 Å².